The second-order valence-electron chi connectivity index (χ2n) is 9.87. The summed E-state index contributed by atoms with van der Waals surface area (Å²) in [5.41, 5.74) is 5.30. The van der Waals surface area contributed by atoms with Crippen LogP contribution in [0.4, 0.5) is 15.9 Å². The molecular weight excluding hydrogens is 493 g/mol. The Balaban J connectivity index is 1.27. The van der Waals surface area contributed by atoms with E-state index in [0.717, 1.165) is 53.0 Å². The van der Waals surface area contributed by atoms with Crippen molar-refractivity contribution < 1.29 is 4.39 Å². The minimum atomic E-state index is -0.403. The molecule has 0 radical (unpaired) electrons. The second-order valence-corrected chi connectivity index (χ2v) is 9.87. The van der Waals surface area contributed by atoms with Gasteiger partial charge in [0.1, 0.15) is 11.9 Å². The summed E-state index contributed by atoms with van der Waals surface area (Å²) >= 11 is 0. The van der Waals surface area contributed by atoms with E-state index < -0.39 is 5.82 Å². The molecule has 0 aromatic carbocycles. The number of nitrogens with zero attached hydrogens (tertiary/aromatic N) is 9. The third-order valence-electron chi connectivity index (χ3n) is 7.48. The predicted molar refractivity (Wildman–Crippen MR) is 147 cm³/mol. The van der Waals surface area contributed by atoms with Gasteiger partial charge in [0.05, 0.1) is 47.6 Å². The fraction of sp³-hybridized carbons (Fsp3) is 0.276. The Hall–Kier alpha value is -4.78. The number of hydrogen-bond donors (Lipinski definition) is 0. The molecule has 0 saturated carbocycles. The Morgan fingerprint density at radius 1 is 0.974 bits per heavy atom. The van der Waals surface area contributed by atoms with Gasteiger partial charge in [-0.3, -0.25) is 0 Å². The van der Waals surface area contributed by atoms with E-state index in [-0.39, 0.29) is 6.04 Å². The van der Waals surface area contributed by atoms with E-state index in [1.807, 2.05) is 48.2 Å². The Labute approximate surface area is 225 Å². The Kier molecular flexibility index (Phi) is 6.40. The third kappa shape index (κ3) is 4.68. The summed E-state index contributed by atoms with van der Waals surface area (Å²) in [6, 6.07) is 12.3. The average molecular weight is 522 g/mol. The first-order valence-electron chi connectivity index (χ1n) is 13.0. The Bertz CT molecular complexity index is 1640. The van der Waals surface area contributed by atoms with Crippen molar-refractivity contribution in [2.75, 3.05) is 29.9 Å². The van der Waals surface area contributed by atoms with Gasteiger partial charge in [-0.05, 0) is 56.0 Å². The van der Waals surface area contributed by atoms with Gasteiger partial charge in [0.2, 0.25) is 0 Å². The number of anilines is 2. The van der Waals surface area contributed by atoms with Crippen molar-refractivity contribution in [3.05, 3.63) is 84.5 Å². The first kappa shape index (κ1) is 24.6. The molecule has 1 aliphatic heterocycles. The van der Waals surface area contributed by atoms with Crippen LogP contribution in [0.15, 0.2) is 67.5 Å². The van der Waals surface area contributed by atoms with Crippen LogP contribution in [0.5, 0.6) is 0 Å². The van der Waals surface area contributed by atoms with Gasteiger partial charge < -0.3 is 9.80 Å². The summed E-state index contributed by atoms with van der Waals surface area (Å²) in [6.07, 6.45) is 13.3. The smallest absolute Gasteiger partial charge is 0.161 e. The van der Waals surface area contributed by atoms with E-state index >= 15 is 0 Å². The van der Waals surface area contributed by atoms with E-state index in [4.69, 9.17) is 4.98 Å². The molecule has 1 fully saturated rings. The number of piperidine rings is 1. The first-order valence-corrected chi connectivity index (χ1v) is 13.0. The van der Waals surface area contributed by atoms with Gasteiger partial charge in [0.15, 0.2) is 11.6 Å². The zero-order valence-corrected chi connectivity index (χ0v) is 21.9. The molecular formula is C29H28FN9. The molecule has 196 valence electrons. The highest BCUT2D eigenvalue weighted by Gasteiger charge is 2.19. The summed E-state index contributed by atoms with van der Waals surface area (Å²) in [5.74, 6) is 0.955. The number of pyridine rings is 3. The molecule has 0 aliphatic carbocycles. The van der Waals surface area contributed by atoms with Crippen molar-refractivity contribution in [2.45, 2.75) is 32.2 Å². The van der Waals surface area contributed by atoms with Crippen LogP contribution in [0.2, 0.25) is 0 Å². The molecule has 1 atom stereocenters. The SMILES string of the molecule is C[C@@H](c1ccc(-n2cc(F)cn2)nc1)N(C)c1ccc(-c2cc(N3CCCCC3)cn3ncc(C#N)c23)cn1. The van der Waals surface area contributed by atoms with Crippen LogP contribution in [0, 0.1) is 17.1 Å². The van der Waals surface area contributed by atoms with E-state index in [1.54, 1.807) is 12.4 Å². The van der Waals surface area contributed by atoms with Crippen LogP contribution < -0.4 is 9.80 Å². The van der Waals surface area contributed by atoms with Crippen molar-refractivity contribution in [3.63, 3.8) is 0 Å². The number of rotatable bonds is 6. The zero-order valence-electron chi connectivity index (χ0n) is 21.9. The lowest BCUT2D eigenvalue weighted by atomic mass is 10.0. The normalized spacial score (nSPS) is 14.4. The van der Waals surface area contributed by atoms with Crippen LogP contribution in [0.25, 0.3) is 22.5 Å². The molecule has 5 aromatic rings. The van der Waals surface area contributed by atoms with Gasteiger partial charge in [0.25, 0.3) is 0 Å². The molecule has 9 nitrogen and oxygen atoms in total. The van der Waals surface area contributed by atoms with Gasteiger partial charge >= 0.3 is 0 Å². The van der Waals surface area contributed by atoms with Gasteiger partial charge in [0, 0.05) is 43.7 Å². The Morgan fingerprint density at radius 3 is 2.49 bits per heavy atom. The minimum absolute atomic E-state index is 0.00610. The third-order valence-corrected chi connectivity index (χ3v) is 7.48. The largest absolute Gasteiger partial charge is 0.370 e. The van der Waals surface area contributed by atoms with Crippen molar-refractivity contribution in [2.24, 2.45) is 0 Å². The lowest BCUT2D eigenvalue weighted by Gasteiger charge is -2.29. The summed E-state index contributed by atoms with van der Waals surface area (Å²) in [5, 5.41) is 18.2. The first-order chi connectivity index (χ1) is 19.0. The van der Waals surface area contributed by atoms with Crippen LogP contribution in [-0.2, 0) is 0 Å². The number of fused-ring (bicyclic) bond motifs is 1. The standard InChI is InChI=1S/C29H28FN9/c1-20(21-6-9-28(33-14-21)38-18-24(30)17-35-38)36(2)27-8-7-22(15-32-27)26-12-25(37-10-4-3-5-11-37)19-39-29(26)23(13-31)16-34-39/h6-9,12,14-20H,3-5,10-11H2,1-2H3/t20-/m0/s1. The molecule has 6 heterocycles. The van der Waals surface area contributed by atoms with Gasteiger partial charge in [-0.15, -0.1) is 0 Å². The molecule has 5 aromatic heterocycles. The van der Waals surface area contributed by atoms with Crippen molar-refractivity contribution in [1.82, 2.24) is 29.4 Å². The van der Waals surface area contributed by atoms with Gasteiger partial charge in [-0.25, -0.2) is 23.6 Å². The minimum Gasteiger partial charge on any atom is -0.370 e. The second kappa shape index (κ2) is 10.2. The highest BCUT2D eigenvalue weighted by Crippen LogP contribution is 2.33. The monoisotopic (exact) mass is 521 g/mol. The maximum Gasteiger partial charge on any atom is 0.161 e. The van der Waals surface area contributed by atoms with Gasteiger partial charge in [-0.1, -0.05) is 6.07 Å². The molecule has 1 aliphatic rings. The molecule has 0 amide bonds. The highest BCUT2D eigenvalue weighted by molar-refractivity contribution is 5.86. The summed E-state index contributed by atoms with van der Waals surface area (Å²) in [6.45, 7) is 4.12. The number of aromatic nitrogens is 6. The van der Waals surface area contributed by atoms with Gasteiger partial charge in [-0.2, -0.15) is 15.5 Å². The quantitative estimate of drug-likeness (QED) is 0.304. The highest BCUT2D eigenvalue weighted by atomic mass is 19.1. The fourth-order valence-corrected chi connectivity index (χ4v) is 5.12. The van der Waals surface area contributed by atoms with E-state index in [0.29, 0.717) is 11.4 Å². The molecule has 10 heteroatoms. The molecule has 6 rings (SSSR count). The lowest BCUT2D eigenvalue weighted by molar-refractivity contribution is 0.577. The maximum atomic E-state index is 13.3. The topological polar surface area (TPSA) is 91.2 Å². The van der Waals surface area contributed by atoms with E-state index in [1.165, 1.54) is 30.1 Å². The molecule has 0 N–H and O–H groups in total. The molecule has 0 bridgehead atoms. The Morgan fingerprint density at radius 2 is 1.82 bits per heavy atom. The van der Waals surface area contributed by atoms with Crippen LogP contribution >= 0.6 is 0 Å². The predicted octanol–water partition coefficient (Wildman–Crippen LogP) is 5.18. The van der Waals surface area contributed by atoms with Crippen molar-refractivity contribution >= 4 is 17.0 Å². The molecule has 1 saturated heterocycles. The summed E-state index contributed by atoms with van der Waals surface area (Å²) < 4.78 is 16.5. The van der Waals surface area contributed by atoms with Crippen molar-refractivity contribution in [3.8, 4) is 23.0 Å². The molecule has 0 spiro atoms. The zero-order chi connectivity index (χ0) is 26.9. The maximum absolute atomic E-state index is 13.3. The number of nitriles is 1. The van der Waals surface area contributed by atoms with Crippen LogP contribution in [0.1, 0.15) is 43.4 Å². The van der Waals surface area contributed by atoms with Crippen LogP contribution in [0.3, 0.4) is 0 Å². The van der Waals surface area contributed by atoms with Crippen LogP contribution in [-0.4, -0.2) is 49.5 Å². The van der Waals surface area contributed by atoms with E-state index in [9.17, 15) is 9.65 Å². The molecule has 0 unspecified atom stereocenters. The number of halogens is 1. The average Bonchev–Trinajstić information content (AvgIpc) is 3.62. The number of hydrogen-bond acceptors (Lipinski definition) is 7. The van der Waals surface area contributed by atoms with E-state index in [2.05, 4.69) is 44.0 Å². The summed E-state index contributed by atoms with van der Waals surface area (Å²) in [7, 11) is 1.99. The lowest BCUT2D eigenvalue weighted by Crippen LogP contribution is -2.29. The fourth-order valence-electron chi connectivity index (χ4n) is 5.12. The molecule has 39 heavy (non-hydrogen) atoms. The summed E-state index contributed by atoms with van der Waals surface area (Å²) in [4.78, 5) is 13.7. The van der Waals surface area contributed by atoms with Crippen molar-refractivity contribution in [1.29, 1.82) is 5.26 Å².